The Morgan fingerprint density at radius 1 is 1.11 bits per heavy atom. The van der Waals surface area contributed by atoms with Gasteiger partial charge in [0.15, 0.2) is 0 Å². The van der Waals surface area contributed by atoms with E-state index in [0.717, 1.165) is 5.56 Å². The summed E-state index contributed by atoms with van der Waals surface area (Å²) in [5, 5.41) is 2.85. The van der Waals surface area contributed by atoms with Crippen LogP contribution >= 0.6 is 0 Å². The molecule has 1 fully saturated rings. The number of nitrogens with zero attached hydrogens (tertiary/aromatic N) is 4. The standard InChI is InChI=1S/C20H24FN5O2/c1-14-23-18(20(28)22-8-7-16-3-5-17(21)6-4-16)13-19(24-14)26-11-9-25(10-12-26)15(2)27/h3-6,13H,7-12H2,1-2H3,(H,22,28). The number of halogens is 1. The molecule has 1 N–H and O–H groups in total. The number of benzene rings is 1. The van der Waals surface area contributed by atoms with Crippen LogP contribution < -0.4 is 10.2 Å². The molecule has 0 radical (unpaired) electrons. The Morgan fingerprint density at radius 2 is 1.79 bits per heavy atom. The number of carbonyl (C=O) groups is 2. The first-order chi connectivity index (χ1) is 13.4. The lowest BCUT2D eigenvalue weighted by molar-refractivity contribution is -0.129. The summed E-state index contributed by atoms with van der Waals surface area (Å²) in [7, 11) is 0. The van der Waals surface area contributed by atoms with Gasteiger partial charge in [0, 0.05) is 45.7 Å². The molecule has 0 aliphatic carbocycles. The Morgan fingerprint density at radius 3 is 2.43 bits per heavy atom. The molecule has 7 nitrogen and oxygen atoms in total. The van der Waals surface area contributed by atoms with Gasteiger partial charge in [0.2, 0.25) is 5.91 Å². The Labute approximate surface area is 163 Å². The molecule has 3 rings (SSSR count). The van der Waals surface area contributed by atoms with E-state index in [9.17, 15) is 14.0 Å². The maximum atomic E-state index is 12.9. The van der Waals surface area contributed by atoms with E-state index in [4.69, 9.17) is 0 Å². The summed E-state index contributed by atoms with van der Waals surface area (Å²) in [5.74, 6) is 0.742. The fourth-order valence-corrected chi connectivity index (χ4v) is 3.14. The maximum absolute atomic E-state index is 12.9. The molecule has 2 aromatic rings. The zero-order chi connectivity index (χ0) is 20.1. The zero-order valence-corrected chi connectivity index (χ0v) is 16.1. The summed E-state index contributed by atoms with van der Waals surface area (Å²) in [6, 6.07) is 7.90. The van der Waals surface area contributed by atoms with Crippen LogP contribution in [0.4, 0.5) is 10.2 Å². The van der Waals surface area contributed by atoms with Crippen LogP contribution in [0.2, 0.25) is 0 Å². The van der Waals surface area contributed by atoms with Crippen molar-refractivity contribution >= 4 is 17.6 Å². The lowest BCUT2D eigenvalue weighted by Gasteiger charge is -2.35. The van der Waals surface area contributed by atoms with E-state index in [1.807, 2.05) is 0 Å². The van der Waals surface area contributed by atoms with Crippen LogP contribution in [-0.2, 0) is 11.2 Å². The van der Waals surface area contributed by atoms with Gasteiger partial charge in [-0.15, -0.1) is 0 Å². The average Bonchev–Trinajstić information content (AvgIpc) is 2.69. The minimum atomic E-state index is -0.277. The quantitative estimate of drug-likeness (QED) is 0.845. The number of aromatic nitrogens is 2. The lowest BCUT2D eigenvalue weighted by Crippen LogP contribution is -2.48. The molecule has 1 aromatic carbocycles. The molecule has 1 aromatic heterocycles. The second-order valence-electron chi connectivity index (χ2n) is 6.78. The molecule has 0 unspecified atom stereocenters. The van der Waals surface area contributed by atoms with E-state index in [1.165, 1.54) is 12.1 Å². The van der Waals surface area contributed by atoms with Gasteiger partial charge in [-0.3, -0.25) is 9.59 Å². The largest absolute Gasteiger partial charge is 0.353 e. The third kappa shape index (κ3) is 5.03. The van der Waals surface area contributed by atoms with Crippen molar-refractivity contribution in [1.29, 1.82) is 0 Å². The van der Waals surface area contributed by atoms with E-state index in [2.05, 4.69) is 20.2 Å². The highest BCUT2D eigenvalue weighted by Gasteiger charge is 2.21. The van der Waals surface area contributed by atoms with Crippen molar-refractivity contribution in [3.05, 3.63) is 53.2 Å². The van der Waals surface area contributed by atoms with Gasteiger partial charge in [-0.25, -0.2) is 14.4 Å². The average molecular weight is 385 g/mol. The summed E-state index contributed by atoms with van der Waals surface area (Å²) in [4.78, 5) is 36.5. The first kappa shape index (κ1) is 19.7. The Balaban J connectivity index is 1.60. The highest BCUT2D eigenvalue weighted by molar-refractivity contribution is 5.93. The molecule has 148 valence electrons. The summed E-state index contributed by atoms with van der Waals surface area (Å²) in [6.07, 6.45) is 0.607. The second-order valence-corrected chi connectivity index (χ2v) is 6.78. The van der Waals surface area contributed by atoms with Crippen LogP contribution in [0.5, 0.6) is 0 Å². The predicted molar refractivity (Wildman–Crippen MR) is 104 cm³/mol. The van der Waals surface area contributed by atoms with E-state index in [1.54, 1.807) is 36.9 Å². The van der Waals surface area contributed by atoms with Crippen molar-refractivity contribution in [2.45, 2.75) is 20.3 Å². The smallest absolute Gasteiger partial charge is 0.270 e. The number of aryl methyl sites for hydroxylation is 1. The summed E-state index contributed by atoms with van der Waals surface area (Å²) >= 11 is 0. The van der Waals surface area contributed by atoms with Crippen LogP contribution in [0.15, 0.2) is 30.3 Å². The van der Waals surface area contributed by atoms with E-state index in [-0.39, 0.29) is 17.6 Å². The number of hydrogen-bond acceptors (Lipinski definition) is 5. The van der Waals surface area contributed by atoms with Gasteiger partial charge in [0.1, 0.15) is 23.2 Å². The molecule has 0 spiro atoms. The third-order valence-electron chi connectivity index (χ3n) is 4.72. The molecule has 0 atom stereocenters. The lowest BCUT2D eigenvalue weighted by atomic mass is 10.1. The number of carbonyl (C=O) groups excluding carboxylic acids is 2. The van der Waals surface area contributed by atoms with Crippen molar-refractivity contribution < 1.29 is 14.0 Å². The Bertz CT molecular complexity index is 848. The summed E-state index contributed by atoms with van der Waals surface area (Å²) < 4.78 is 12.9. The number of nitrogens with one attached hydrogen (secondary N) is 1. The molecule has 2 amide bonds. The highest BCUT2D eigenvalue weighted by Crippen LogP contribution is 2.15. The van der Waals surface area contributed by atoms with Crippen LogP contribution in [0.1, 0.15) is 28.8 Å². The predicted octanol–water partition coefficient (Wildman–Crippen LogP) is 1.57. The van der Waals surface area contributed by atoms with Crippen molar-refractivity contribution in [1.82, 2.24) is 20.2 Å². The first-order valence-corrected chi connectivity index (χ1v) is 9.31. The van der Waals surface area contributed by atoms with Crippen LogP contribution in [-0.4, -0.2) is 59.4 Å². The number of rotatable bonds is 5. The molecule has 8 heteroatoms. The topological polar surface area (TPSA) is 78.4 Å². The molecule has 0 bridgehead atoms. The van der Waals surface area contributed by atoms with E-state index < -0.39 is 0 Å². The van der Waals surface area contributed by atoms with Gasteiger partial charge >= 0.3 is 0 Å². The molecule has 2 heterocycles. The summed E-state index contributed by atoms with van der Waals surface area (Å²) in [5.41, 5.74) is 1.26. The molecule has 1 saturated heterocycles. The van der Waals surface area contributed by atoms with Gasteiger partial charge in [-0.1, -0.05) is 12.1 Å². The minimum absolute atomic E-state index is 0.0692. The van der Waals surface area contributed by atoms with Crippen LogP contribution in [0.25, 0.3) is 0 Å². The van der Waals surface area contributed by atoms with E-state index in [0.29, 0.717) is 56.5 Å². The molecule has 28 heavy (non-hydrogen) atoms. The molecular weight excluding hydrogens is 361 g/mol. The SMILES string of the molecule is CC(=O)N1CCN(c2cc(C(=O)NCCc3ccc(F)cc3)nc(C)n2)CC1. The van der Waals surface area contributed by atoms with Crippen molar-refractivity contribution in [3.8, 4) is 0 Å². The van der Waals surface area contributed by atoms with Gasteiger partial charge < -0.3 is 15.1 Å². The number of amides is 2. The normalized spacial score (nSPS) is 14.1. The minimum Gasteiger partial charge on any atom is -0.353 e. The van der Waals surface area contributed by atoms with Gasteiger partial charge in [-0.2, -0.15) is 0 Å². The first-order valence-electron chi connectivity index (χ1n) is 9.31. The number of anilines is 1. The molecule has 1 aliphatic heterocycles. The fourth-order valence-electron chi connectivity index (χ4n) is 3.14. The van der Waals surface area contributed by atoms with Gasteiger partial charge in [0.05, 0.1) is 0 Å². The molecular formula is C20H24FN5O2. The Kier molecular flexibility index (Phi) is 6.18. The van der Waals surface area contributed by atoms with Crippen molar-refractivity contribution in [2.24, 2.45) is 0 Å². The van der Waals surface area contributed by atoms with Crippen LogP contribution in [0, 0.1) is 12.7 Å². The third-order valence-corrected chi connectivity index (χ3v) is 4.72. The van der Waals surface area contributed by atoms with Crippen LogP contribution in [0.3, 0.4) is 0 Å². The molecule has 0 saturated carbocycles. The van der Waals surface area contributed by atoms with E-state index >= 15 is 0 Å². The molecule has 1 aliphatic rings. The van der Waals surface area contributed by atoms with Gasteiger partial charge in [0.25, 0.3) is 5.91 Å². The fraction of sp³-hybridized carbons (Fsp3) is 0.400. The van der Waals surface area contributed by atoms with Gasteiger partial charge in [-0.05, 0) is 31.0 Å². The van der Waals surface area contributed by atoms with Crippen molar-refractivity contribution in [2.75, 3.05) is 37.6 Å². The maximum Gasteiger partial charge on any atom is 0.270 e. The number of piperazine rings is 1. The van der Waals surface area contributed by atoms with Crippen molar-refractivity contribution in [3.63, 3.8) is 0 Å². The highest BCUT2D eigenvalue weighted by atomic mass is 19.1. The Hall–Kier alpha value is -3.03. The second kappa shape index (κ2) is 8.77. The monoisotopic (exact) mass is 385 g/mol. The number of hydrogen-bond donors (Lipinski definition) is 1. The zero-order valence-electron chi connectivity index (χ0n) is 16.1. The summed E-state index contributed by atoms with van der Waals surface area (Å²) in [6.45, 7) is 6.36.